The summed E-state index contributed by atoms with van der Waals surface area (Å²) in [6.45, 7) is 4.30. The lowest BCUT2D eigenvalue weighted by molar-refractivity contribution is -0.118. The number of nitrogens with one attached hydrogen (secondary N) is 2. The number of benzene rings is 3. The highest BCUT2D eigenvalue weighted by Gasteiger charge is 2.09. The normalized spacial score (nSPS) is 10.3. The average Bonchev–Trinajstić information content (AvgIpc) is 2.71. The fourth-order valence-corrected chi connectivity index (χ4v) is 2.98. The maximum Gasteiger partial charge on any atom is 0.262 e. The molecule has 5 heteroatoms. The Balaban J connectivity index is 1.54. The van der Waals surface area contributed by atoms with E-state index in [-0.39, 0.29) is 18.4 Å². The van der Waals surface area contributed by atoms with Crippen LogP contribution < -0.4 is 15.4 Å². The van der Waals surface area contributed by atoms with Crippen LogP contribution in [0.25, 0.3) is 0 Å². The molecule has 2 amide bonds. The number of anilines is 1. The quantitative estimate of drug-likeness (QED) is 0.636. The second-order valence-corrected chi connectivity index (χ2v) is 6.91. The van der Waals surface area contributed by atoms with Crippen LogP contribution in [0.3, 0.4) is 0 Å². The fourth-order valence-electron chi connectivity index (χ4n) is 2.98. The first kappa shape index (κ1) is 20.1. The minimum Gasteiger partial charge on any atom is -0.484 e. The molecular formula is C24H24N2O3. The summed E-state index contributed by atoms with van der Waals surface area (Å²) < 4.78 is 5.58. The minimum absolute atomic E-state index is 0.104. The van der Waals surface area contributed by atoms with Crippen LogP contribution in [0.2, 0.25) is 0 Å². The fraction of sp³-hybridized carbons (Fsp3) is 0.167. The third-order valence-corrected chi connectivity index (χ3v) is 4.27. The maximum absolute atomic E-state index is 12.4. The highest BCUT2D eigenvalue weighted by atomic mass is 16.5. The third-order valence-electron chi connectivity index (χ3n) is 4.27. The van der Waals surface area contributed by atoms with E-state index < -0.39 is 0 Å². The third kappa shape index (κ3) is 6.21. The standard InChI is InChI=1S/C24H24N2O3/c1-17-11-18(2)13-22(12-17)29-16-23(27)26-21-10-6-9-20(14-21)24(28)25-15-19-7-4-3-5-8-19/h3-14H,15-16H2,1-2H3,(H,25,28)(H,26,27). The van der Waals surface area contributed by atoms with Crippen LogP contribution in [0.1, 0.15) is 27.0 Å². The molecule has 0 atom stereocenters. The summed E-state index contributed by atoms with van der Waals surface area (Å²) in [6.07, 6.45) is 0. The number of amides is 2. The maximum atomic E-state index is 12.4. The molecule has 0 fully saturated rings. The first-order chi connectivity index (χ1) is 14.0. The molecule has 3 aromatic carbocycles. The number of hydrogen-bond acceptors (Lipinski definition) is 3. The molecule has 5 nitrogen and oxygen atoms in total. The van der Waals surface area contributed by atoms with E-state index in [0.29, 0.717) is 23.5 Å². The Morgan fingerprint density at radius 2 is 1.59 bits per heavy atom. The zero-order valence-corrected chi connectivity index (χ0v) is 16.6. The molecule has 29 heavy (non-hydrogen) atoms. The summed E-state index contributed by atoms with van der Waals surface area (Å²) in [6, 6.07) is 22.3. The van der Waals surface area contributed by atoms with Gasteiger partial charge in [0.25, 0.3) is 11.8 Å². The predicted octanol–water partition coefficient (Wildman–Crippen LogP) is 4.25. The summed E-state index contributed by atoms with van der Waals surface area (Å²) in [5.74, 6) is 0.175. The molecule has 0 saturated heterocycles. The van der Waals surface area contributed by atoms with Crippen molar-refractivity contribution in [2.24, 2.45) is 0 Å². The highest BCUT2D eigenvalue weighted by Crippen LogP contribution is 2.16. The Morgan fingerprint density at radius 1 is 0.862 bits per heavy atom. The Labute approximate surface area is 170 Å². The van der Waals surface area contributed by atoms with Gasteiger partial charge in [0.1, 0.15) is 5.75 Å². The van der Waals surface area contributed by atoms with Crippen LogP contribution in [0.5, 0.6) is 5.75 Å². The van der Waals surface area contributed by atoms with Crippen molar-refractivity contribution < 1.29 is 14.3 Å². The predicted molar refractivity (Wildman–Crippen MR) is 114 cm³/mol. The molecule has 0 heterocycles. The second-order valence-electron chi connectivity index (χ2n) is 6.91. The molecule has 0 saturated carbocycles. The van der Waals surface area contributed by atoms with Crippen molar-refractivity contribution in [2.45, 2.75) is 20.4 Å². The summed E-state index contributed by atoms with van der Waals surface area (Å²) in [5, 5.41) is 5.64. The molecule has 0 aliphatic carbocycles. The van der Waals surface area contributed by atoms with E-state index in [1.807, 2.05) is 62.4 Å². The molecule has 0 aromatic heterocycles. The highest BCUT2D eigenvalue weighted by molar-refractivity contribution is 5.97. The molecule has 3 aromatic rings. The summed E-state index contributed by atoms with van der Waals surface area (Å²) in [5.41, 5.74) is 4.21. The molecule has 148 valence electrons. The summed E-state index contributed by atoms with van der Waals surface area (Å²) >= 11 is 0. The SMILES string of the molecule is Cc1cc(C)cc(OCC(=O)Nc2cccc(C(=O)NCc3ccccc3)c2)c1. The number of aryl methyl sites for hydroxylation is 2. The van der Waals surface area contributed by atoms with Crippen molar-refractivity contribution in [3.05, 3.63) is 95.1 Å². The first-order valence-corrected chi connectivity index (χ1v) is 9.43. The Bertz CT molecular complexity index is 980. The van der Waals surface area contributed by atoms with E-state index >= 15 is 0 Å². The largest absolute Gasteiger partial charge is 0.484 e. The number of rotatable bonds is 7. The topological polar surface area (TPSA) is 67.4 Å². The van der Waals surface area contributed by atoms with Gasteiger partial charge in [-0.15, -0.1) is 0 Å². The number of carbonyl (C=O) groups excluding carboxylic acids is 2. The van der Waals surface area contributed by atoms with Gasteiger partial charge in [-0.25, -0.2) is 0 Å². The van der Waals surface area contributed by atoms with Gasteiger partial charge < -0.3 is 15.4 Å². The molecule has 0 radical (unpaired) electrons. The lowest BCUT2D eigenvalue weighted by Crippen LogP contribution is -2.23. The molecular weight excluding hydrogens is 364 g/mol. The number of ether oxygens (including phenoxy) is 1. The lowest BCUT2D eigenvalue weighted by Gasteiger charge is -2.10. The Morgan fingerprint density at radius 3 is 2.31 bits per heavy atom. The van der Waals surface area contributed by atoms with Gasteiger partial charge in [-0.05, 0) is 60.9 Å². The minimum atomic E-state index is -0.286. The van der Waals surface area contributed by atoms with E-state index in [1.54, 1.807) is 24.3 Å². The first-order valence-electron chi connectivity index (χ1n) is 9.43. The van der Waals surface area contributed by atoms with Crippen LogP contribution in [0.4, 0.5) is 5.69 Å². The van der Waals surface area contributed by atoms with Gasteiger partial charge in [-0.3, -0.25) is 9.59 Å². The van der Waals surface area contributed by atoms with Crippen molar-refractivity contribution >= 4 is 17.5 Å². The van der Waals surface area contributed by atoms with Gasteiger partial charge in [0.2, 0.25) is 0 Å². The van der Waals surface area contributed by atoms with Crippen LogP contribution in [-0.4, -0.2) is 18.4 Å². The van der Waals surface area contributed by atoms with E-state index in [1.165, 1.54) is 0 Å². The summed E-state index contributed by atoms with van der Waals surface area (Å²) in [4.78, 5) is 24.6. The molecule has 0 unspecified atom stereocenters. The molecule has 0 aliphatic rings. The van der Waals surface area contributed by atoms with Gasteiger partial charge in [0.05, 0.1) is 0 Å². The number of hydrogen-bond donors (Lipinski definition) is 2. The summed E-state index contributed by atoms with van der Waals surface area (Å²) in [7, 11) is 0. The molecule has 2 N–H and O–H groups in total. The van der Waals surface area contributed by atoms with Gasteiger partial charge in [0.15, 0.2) is 6.61 Å². The van der Waals surface area contributed by atoms with Crippen molar-refractivity contribution in [2.75, 3.05) is 11.9 Å². The van der Waals surface area contributed by atoms with E-state index in [0.717, 1.165) is 16.7 Å². The van der Waals surface area contributed by atoms with Crippen molar-refractivity contribution in [1.82, 2.24) is 5.32 Å². The van der Waals surface area contributed by atoms with E-state index in [9.17, 15) is 9.59 Å². The van der Waals surface area contributed by atoms with Crippen molar-refractivity contribution in [3.8, 4) is 5.75 Å². The van der Waals surface area contributed by atoms with Gasteiger partial charge in [-0.2, -0.15) is 0 Å². The van der Waals surface area contributed by atoms with Crippen molar-refractivity contribution in [3.63, 3.8) is 0 Å². The Hall–Kier alpha value is -3.60. The smallest absolute Gasteiger partial charge is 0.262 e. The van der Waals surface area contributed by atoms with Gasteiger partial charge in [-0.1, -0.05) is 42.5 Å². The van der Waals surface area contributed by atoms with E-state index in [4.69, 9.17) is 4.74 Å². The zero-order valence-electron chi connectivity index (χ0n) is 16.6. The zero-order chi connectivity index (χ0) is 20.6. The van der Waals surface area contributed by atoms with Crippen molar-refractivity contribution in [1.29, 1.82) is 0 Å². The Kier molecular flexibility index (Phi) is 6.63. The molecule has 0 bridgehead atoms. The monoisotopic (exact) mass is 388 g/mol. The molecule has 3 rings (SSSR count). The van der Waals surface area contributed by atoms with Crippen LogP contribution >= 0.6 is 0 Å². The van der Waals surface area contributed by atoms with Crippen LogP contribution in [0.15, 0.2) is 72.8 Å². The van der Waals surface area contributed by atoms with Gasteiger partial charge in [0, 0.05) is 17.8 Å². The molecule has 0 aliphatic heterocycles. The van der Waals surface area contributed by atoms with Crippen LogP contribution in [0, 0.1) is 13.8 Å². The van der Waals surface area contributed by atoms with Gasteiger partial charge >= 0.3 is 0 Å². The van der Waals surface area contributed by atoms with E-state index in [2.05, 4.69) is 10.6 Å². The average molecular weight is 388 g/mol. The van der Waals surface area contributed by atoms with Crippen LogP contribution in [-0.2, 0) is 11.3 Å². The number of carbonyl (C=O) groups is 2. The second kappa shape index (κ2) is 9.55. The lowest BCUT2D eigenvalue weighted by atomic mass is 10.1. The molecule has 0 spiro atoms.